The van der Waals surface area contributed by atoms with Crippen molar-refractivity contribution in [2.24, 2.45) is 0 Å². The fourth-order valence-corrected chi connectivity index (χ4v) is 3.50. The number of nitrogen functional groups attached to an aromatic ring is 1. The van der Waals surface area contributed by atoms with Gasteiger partial charge in [0.25, 0.3) is 0 Å². The van der Waals surface area contributed by atoms with E-state index in [4.69, 9.17) is 17.3 Å². The van der Waals surface area contributed by atoms with E-state index in [1.54, 1.807) is 6.92 Å². The SMILES string of the molecule is COC(=O)CCCN(C)S(=O)(=O)c1cc(N)c(C)cc1Cl. The lowest BCUT2D eigenvalue weighted by Gasteiger charge is -2.18. The maximum Gasteiger partial charge on any atom is 0.305 e. The Kier molecular flexibility index (Phi) is 6.00. The molecule has 21 heavy (non-hydrogen) atoms. The van der Waals surface area contributed by atoms with Crippen molar-refractivity contribution in [3.05, 3.63) is 22.7 Å². The number of carbonyl (C=O) groups excluding carboxylic acids is 1. The second-order valence-corrected chi connectivity index (χ2v) is 7.07. The van der Waals surface area contributed by atoms with E-state index in [1.807, 2.05) is 0 Å². The molecule has 6 nitrogen and oxygen atoms in total. The van der Waals surface area contributed by atoms with Crippen molar-refractivity contribution in [1.29, 1.82) is 0 Å². The molecule has 0 bridgehead atoms. The van der Waals surface area contributed by atoms with Gasteiger partial charge in [0, 0.05) is 25.7 Å². The number of esters is 1. The molecule has 0 aliphatic carbocycles. The van der Waals surface area contributed by atoms with E-state index in [0.717, 1.165) is 4.31 Å². The highest BCUT2D eigenvalue weighted by Crippen LogP contribution is 2.28. The number of nitrogens with two attached hydrogens (primary N) is 1. The van der Waals surface area contributed by atoms with Crippen LogP contribution in [0.2, 0.25) is 5.02 Å². The fourth-order valence-electron chi connectivity index (χ4n) is 1.70. The number of methoxy groups -OCH3 is 1. The Morgan fingerprint density at radius 1 is 1.43 bits per heavy atom. The number of sulfonamides is 1. The van der Waals surface area contributed by atoms with Crippen LogP contribution < -0.4 is 5.73 Å². The van der Waals surface area contributed by atoms with Gasteiger partial charge in [0.15, 0.2) is 0 Å². The highest BCUT2D eigenvalue weighted by molar-refractivity contribution is 7.89. The zero-order valence-electron chi connectivity index (χ0n) is 12.2. The van der Waals surface area contributed by atoms with Crippen LogP contribution in [0, 0.1) is 6.92 Å². The Morgan fingerprint density at radius 2 is 2.05 bits per heavy atom. The summed E-state index contributed by atoms with van der Waals surface area (Å²) in [6.45, 7) is 1.93. The molecule has 0 unspecified atom stereocenters. The molecule has 0 aliphatic rings. The van der Waals surface area contributed by atoms with Crippen molar-refractivity contribution in [3.8, 4) is 0 Å². The predicted octanol–water partition coefficient (Wildman–Crippen LogP) is 1.80. The number of nitrogens with zero attached hydrogens (tertiary/aromatic N) is 1. The van der Waals surface area contributed by atoms with Crippen LogP contribution in [0.15, 0.2) is 17.0 Å². The van der Waals surface area contributed by atoms with Crippen LogP contribution in [-0.4, -0.2) is 39.4 Å². The summed E-state index contributed by atoms with van der Waals surface area (Å²) >= 11 is 6.00. The molecular formula is C13H19ClN2O4S. The average Bonchev–Trinajstić information content (AvgIpc) is 2.42. The number of hydrogen-bond acceptors (Lipinski definition) is 5. The van der Waals surface area contributed by atoms with E-state index in [-0.39, 0.29) is 28.9 Å². The van der Waals surface area contributed by atoms with E-state index in [1.165, 1.54) is 26.3 Å². The van der Waals surface area contributed by atoms with Crippen molar-refractivity contribution >= 4 is 33.3 Å². The molecule has 0 amide bonds. The fraction of sp³-hybridized carbons (Fsp3) is 0.462. The predicted molar refractivity (Wildman–Crippen MR) is 81.7 cm³/mol. The number of anilines is 1. The smallest absolute Gasteiger partial charge is 0.305 e. The molecular weight excluding hydrogens is 316 g/mol. The van der Waals surface area contributed by atoms with Gasteiger partial charge < -0.3 is 10.5 Å². The van der Waals surface area contributed by atoms with Gasteiger partial charge in [-0.05, 0) is 31.0 Å². The molecule has 1 aromatic rings. The molecule has 0 spiro atoms. The summed E-state index contributed by atoms with van der Waals surface area (Å²) in [4.78, 5) is 11.0. The summed E-state index contributed by atoms with van der Waals surface area (Å²) in [6.07, 6.45) is 0.515. The Labute approximate surface area is 129 Å². The van der Waals surface area contributed by atoms with Crippen molar-refractivity contribution < 1.29 is 17.9 Å². The first-order chi connectivity index (χ1) is 9.70. The van der Waals surface area contributed by atoms with Crippen LogP contribution in [-0.2, 0) is 19.6 Å². The highest BCUT2D eigenvalue weighted by atomic mass is 35.5. The first-order valence-electron chi connectivity index (χ1n) is 6.29. The maximum absolute atomic E-state index is 12.4. The summed E-state index contributed by atoms with van der Waals surface area (Å²) in [5.74, 6) is -0.376. The molecule has 0 saturated heterocycles. The molecule has 1 aromatic carbocycles. The van der Waals surface area contributed by atoms with Gasteiger partial charge in [-0.1, -0.05) is 11.6 Å². The molecule has 2 N–H and O–H groups in total. The van der Waals surface area contributed by atoms with Gasteiger partial charge >= 0.3 is 5.97 Å². The van der Waals surface area contributed by atoms with Crippen LogP contribution in [0.4, 0.5) is 5.69 Å². The Morgan fingerprint density at radius 3 is 2.62 bits per heavy atom. The lowest BCUT2D eigenvalue weighted by Crippen LogP contribution is -2.28. The number of benzene rings is 1. The van der Waals surface area contributed by atoms with E-state index in [0.29, 0.717) is 17.7 Å². The minimum Gasteiger partial charge on any atom is -0.469 e. The van der Waals surface area contributed by atoms with Crippen molar-refractivity contribution in [2.45, 2.75) is 24.7 Å². The van der Waals surface area contributed by atoms with Gasteiger partial charge in [-0.3, -0.25) is 4.79 Å². The van der Waals surface area contributed by atoms with Crippen LogP contribution in [0.25, 0.3) is 0 Å². The minimum atomic E-state index is -3.74. The topological polar surface area (TPSA) is 89.7 Å². The third-order valence-corrected chi connectivity index (χ3v) is 5.41. The van der Waals surface area contributed by atoms with E-state index in [2.05, 4.69) is 4.74 Å². The molecule has 1 rings (SSSR count). The third-order valence-electron chi connectivity index (χ3n) is 3.09. The monoisotopic (exact) mass is 334 g/mol. The second kappa shape index (κ2) is 7.11. The van der Waals surface area contributed by atoms with Crippen molar-refractivity contribution in [2.75, 3.05) is 26.4 Å². The Bertz CT molecular complexity index is 631. The van der Waals surface area contributed by atoms with Crippen molar-refractivity contribution in [1.82, 2.24) is 4.31 Å². The summed E-state index contributed by atoms with van der Waals surface area (Å²) < 4.78 is 30.5. The van der Waals surface area contributed by atoms with Crippen molar-refractivity contribution in [3.63, 3.8) is 0 Å². The summed E-state index contributed by atoms with van der Waals surface area (Å²) in [7, 11) is -1.03. The normalized spacial score (nSPS) is 11.7. The Balaban J connectivity index is 2.90. The summed E-state index contributed by atoms with van der Waals surface area (Å²) in [5.41, 5.74) is 6.82. The number of hydrogen-bond donors (Lipinski definition) is 1. The molecule has 8 heteroatoms. The quantitative estimate of drug-likeness (QED) is 0.633. The zero-order valence-corrected chi connectivity index (χ0v) is 13.8. The van der Waals surface area contributed by atoms with Gasteiger partial charge in [-0.2, -0.15) is 0 Å². The van der Waals surface area contributed by atoms with Gasteiger partial charge in [-0.25, -0.2) is 12.7 Å². The van der Waals surface area contributed by atoms with E-state index >= 15 is 0 Å². The van der Waals surface area contributed by atoms with Gasteiger partial charge in [-0.15, -0.1) is 0 Å². The largest absolute Gasteiger partial charge is 0.469 e. The molecule has 0 radical (unpaired) electrons. The minimum absolute atomic E-state index is 0.0344. The van der Waals surface area contributed by atoms with E-state index in [9.17, 15) is 13.2 Å². The molecule has 0 heterocycles. The summed E-state index contributed by atoms with van der Waals surface area (Å²) in [5, 5.41) is 0.126. The molecule has 0 aliphatic heterocycles. The average molecular weight is 335 g/mol. The second-order valence-electron chi connectivity index (χ2n) is 4.65. The molecule has 0 fully saturated rings. The highest BCUT2D eigenvalue weighted by Gasteiger charge is 2.24. The standard InChI is InChI=1S/C13H19ClN2O4S/c1-9-7-10(14)12(8-11(9)15)21(18,19)16(2)6-4-5-13(17)20-3/h7-8H,4-6,15H2,1-3H3. The lowest BCUT2D eigenvalue weighted by atomic mass is 10.2. The van der Waals surface area contributed by atoms with Crippen LogP contribution in [0.1, 0.15) is 18.4 Å². The number of halogens is 1. The summed E-state index contributed by atoms with van der Waals surface area (Å²) in [6, 6.07) is 2.87. The van der Waals surface area contributed by atoms with E-state index < -0.39 is 10.0 Å². The molecule has 0 atom stereocenters. The Hall–Kier alpha value is -1.31. The van der Waals surface area contributed by atoms with Gasteiger partial charge in [0.2, 0.25) is 10.0 Å². The number of carbonyl (C=O) groups is 1. The maximum atomic E-state index is 12.4. The van der Waals surface area contributed by atoms with Crippen LogP contribution in [0.3, 0.4) is 0 Å². The molecule has 0 aromatic heterocycles. The van der Waals surface area contributed by atoms with Gasteiger partial charge in [0.1, 0.15) is 4.90 Å². The first-order valence-corrected chi connectivity index (χ1v) is 8.10. The lowest BCUT2D eigenvalue weighted by molar-refractivity contribution is -0.140. The number of ether oxygens (including phenoxy) is 1. The number of rotatable bonds is 6. The number of aryl methyl sites for hydroxylation is 1. The molecule has 0 saturated carbocycles. The molecule has 118 valence electrons. The van der Waals surface area contributed by atoms with Gasteiger partial charge in [0.05, 0.1) is 12.1 Å². The first kappa shape index (κ1) is 17.7. The van der Waals surface area contributed by atoms with Crippen LogP contribution >= 0.6 is 11.6 Å². The third kappa shape index (κ3) is 4.33. The van der Waals surface area contributed by atoms with Crippen LogP contribution in [0.5, 0.6) is 0 Å². The zero-order chi connectivity index (χ0) is 16.2.